The number of nitrogen functional groups attached to an aromatic ring is 1. The quantitative estimate of drug-likeness (QED) is 0.628. The van der Waals surface area contributed by atoms with E-state index in [0.717, 1.165) is 6.42 Å². The lowest BCUT2D eigenvalue weighted by Gasteiger charge is -2.12. The molecule has 0 aromatic carbocycles. The molecule has 0 saturated carbocycles. The number of imidazole rings is 1. The van der Waals surface area contributed by atoms with Gasteiger partial charge in [-0.2, -0.15) is 9.97 Å². The van der Waals surface area contributed by atoms with Gasteiger partial charge in [-0.25, -0.2) is 4.98 Å². The van der Waals surface area contributed by atoms with Crippen LogP contribution in [0.2, 0.25) is 5.15 Å². The Balaban J connectivity index is 2.06. The van der Waals surface area contributed by atoms with Crippen molar-refractivity contribution < 1.29 is 5.11 Å². The lowest BCUT2D eigenvalue weighted by molar-refractivity contribution is 0.244. The summed E-state index contributed by atoms with van der Waals surface area (Å²) >= 11 is 5.97. The summed E-state index contributed by atoms with van der Waals surface area (Å²) in [7, 11) is 0. The standard InChI is InChI=1S/C11H12ClN5O/c12-9-8-10(16-11(13)15-9)17(5-14-8)7-2-1-6(3-7)4-18/h1-2,5-7,18H,3-4H2,(H2,13,15,16)/t6-,7-/m0/s1. The third-order valence-corrected chi connectivity index (χ3v) is 3.40. The molecule has 0 amide bonds. The first-order chi connectivity index (χ1) is 8.69. The van der Waals surface area contributed by atoms with E-state index in [1.807, 2.05) is 16.7 Å². The van der Waals surface area contributed by atoms with Crippen LogP contribution >= 0.6 is 11.6 Å². The highest BCUT2D eigenvalue weighted by molar-refractivity contribution is 6.33. The molecular formula is C11H12ClN5O. The van der Waals surface area contributed by atoms with Gasteiger partial charge in [0.1, 0.15) is 5.52 Å². The van der Waals surface area contributed by atoms with Gasteiger partial charge in [-0.15, -0.1) is 0 Å². The fourth-order valence-corrected chi connectivity index (χ4v) is 2.45. The van der Waals surface area contributed by atoms with E-state index in [1.165, 1.54) is 0 Å². The number of halogens is 1. The van der Waals surface area contributed by atoms with Crippen molar-refractivity contribution in [2.45, 2.75) is 12.5 Å². The van der Waals surface area contributed by atoms with Crippen LogP contribution in [-0.4, -0.2) is 31.2 Å². The van der Waals surface area contributed by atoms with E-state index in [9.17, 15) is 0 Å². The highest BCUT2D eigenvalue weighted by Crippen LogP contribution is 2.30. The molecule has 3 N–H and O–H groups in total. The van der Waals surface area contributed by atoms with Gasteiger partial charge in [0.25, 0.3) is 0 Å². The molecule has 2 aromatic rings. The number of aromatic nitrogens is 4. The molecule has 2 heterocycles. The number of allylic oxidation sites excluding steroid dienone is 1. The molecule has 0 aliphatic heterocycles. The van der Waals surface area contributed by atoms with Crippen LogP contribution in [0.15, 0.2) is 18.5 Å². The fourth-order valence-electron chi connectivity index (χ4n) is 2.23. The predicted octanol–water partition coefficient (Wildman–Crippen LogP) is 1.17. The summed E-state index contributed by atoms with van der Waals surface area (Å²) in [6.45, 7) is 0.150. The monoisotopic (exact) mass is 265 g/mol. The van der Waals surface area contributed by atoms with Crippen molar-refractivity contribution in [2.24, 2.45) is 5.92 Å². The van der Waals surface area contributed by atoms with Crippen LogP contribution in [-0.2, 0) is 0 Å². The summed E-state index contributed by atoms with van der Waals surface area (Å²) in [5.41, 5.74) is 6.77. The Morgan fingerprint density at radius 1 is 1.44 bits per heavy atom. The molecule has 2 atom stereocenters. The zero-order valence-corrected chi connectivity index (χ0v) is 10.2. The number of anilines is 1. The zero-order chi connectivity index (χ0) is 12.7. The molecule has 3 rings (SSSR count). The first kappa shape index (κ1) is 11.4. The van der Waals surface area contributed by atoms with Gasteiger partial charge in [0.2, 0.25) is 5.95 Å². The normalized spacial score (nSPS) is 23.0. The summed E-state index contributed by atoms with van der Waals surface area (Å²) in [5, 5.41) is 9.40. The number of fused-ring (bicyclic) bond motifs is 1. The molecule has 94 valence electrons. The fraction of sp³-hybridized carbons (Fsp3) is 0.364. The van der Waals surface area contributed by atoms with Crippen molar-refractivity contribution in [2.75, 3.05) is 12.3 Å². The molecule has 0 fully saturated rings. The summed E-state index contributed by atoms with van der Waals surface area (Å²) in [6, 6.07) is 0.123. The summed E-state index contributed by atoms with van der Waals surface area (Å²) in [4.78, 5) is 12.3. The van der Waals surface area contributed by atoms with E-state index in [2.05, 4.69) is 15.0 Å². The van der Waals surface area contributed by atoms with Gasteiger partial charge in [0, 0.05) is 12.5 Å². The van der Waals surface area contributed by atoms with E-state index < -0.39 is 0 Å². The first-order valence-electron chi connectivity index (χ1n) is 5.63. The Bertz CT molecular complexity index is 623. The maximum Gasteiger partial charge on any atom is 0.223 e. The summed E-state index contributed by atoms with van der Waals surface area (Å²) < 4.78 is 1.91. The Morgan fingerprint density at radius 3 is 3.00 bits per heavy atom. The van der Waals surface area contributed by atoms with Crippen molar-refractivity contribution in [1.82, 2.24) is 19.5 Å². The van der Waals surface area contributed by atoms with Crippen molar-refractivity contribution in [1.29, 1.82) is 0 Å². The number of aliphatic hydroxyl groups is 1. The van der Waals surface area contributed by atoms with Crippen molar-refractivity contribution in [3.63, 3.8) is 0 Å². The predicted molar refractivity (Wildman–Crippen MR) is 68.1 cm³/mol. The Kier molecular flexibility index (Phi) is 2.68. The Hall–Kier alpha value is -1.66. The molecule has 0 spiro atoms. The molecule has 1 aliphatic carbocycles. The minimum absolute atomic E-state index is 0.123. The number of hydrogen-bond acceptors (Lipinski definition) is 5. The average molecular weight is 266 g/mol. The largest absolute Gasteiger partial charge is 0.396 e. The number of hydrogen-bond donors (Lipinski definition) is 2. The van der Waals surface area contributed by atoms with E-state index in [0.29, 0.717) is 11.2 Å². The molecule has 0 unspecified atom stereocenters. The zero-order valence-electron chi connectivity index (χ0n) is 9.49. The molecule has 2 aromatic heterocycles. The van der Waals surface area contributed by atoms with Crippen LogP contribution in [0.25, 0.3) is 11.2 Å². The highest BCUT2D eigenvalue weighted by Gasteiger charge is 2.22. The third kappa shape index (κ3) is 1.74. The van der Waals surface area contributed by atoms with Gasteiger partial charge in [0.15, 0.2) is 10.8 Å². The minimum atomic E-state index is 0.123. The van der Waals surface area contributed by atoms with Crippen molar-refractivity contribution >= 4 is 28.7 Å². The smallest absolute Gasteiger partial charge is 0.223 e. The van der Waals surface area contributed by atoms with Gasteiger partial charge >= 0.3 is 0 Å². The number of rotatable bonds is 2. The maximum absolute atomic E-state index is 9.14. The van der Waals surface area contributed by atoms with E-state index in [1.54, 1.807) is 6.33 Å². The van der Waals surface area contributed by atoms with E-state index in [-0.39, 0.29) is 29.7 Å². The van der Waals surface area contributed by atoms with Gasteiger partial charge in [0.05, 0.1) is 12.4 Å². The van der Waals surface area contributed by atoms with E-state index >= 15 is 0 Å². The molecular weight excluding hydrogens is 254 g/mol. The van der Waals surface area contributed by atoms with Gasteiger partial charge in [-0.1, -0.05) is 23.8 Å². The summed E-state index contributed by atoms with van der Waals surface area (Å²) in [5.74, 6) is 0.317. The number of nitrogens with zero attached hydrogens (tertiary/aromatic N) is 4. The molecule has 18 heavy (non-hydrogen) atoms. The second-order valence-electron chi connectivity index (χ2n) is 4.33. The molecule has 0 radical (unpaired) electrons. The molecule has 6 nitrogen and oxygen atoms in total. The highest BCUT2D eigenvalue weighted by atomic mass is 35.5. The lowest BCUT2D eigenvalue weighted by Crippen LogP contribution is -2.08. The van der Waals surface area contributed by atoms with Gasteiger partial charge < -0.3 is 15.4 Å². The van der Waals surface area contributed by atoms with Crippen LogP contribution in [0.5, 0.6) is 0 Å². The summed E-state index contributed by atoms with van der Waals surface area (Å²) in [6.07, 6.45) is 6.54. The third-order valence-electron chi connectivity index (χ3n) is 3.14. The topological polar surface area (TPSA) is 89.8 Å². The Morgan fingerprint density at radius 2 is 2.28 bits per heavy atom. The van der Waals surface area contributed by atoms with Crippen LogP contribution in [0.3, 0.4) is 0 Å². The van der Waals surface area contributed by atoms with Crippen LogP contribution in [0, 0.1) is 5.92 Å². The SMILES string of the molecule is Nc1nc(Cl)c2ncn([C@H]3C=C[C@H](CO)C3)c2n1. The van der Waals surface area contributed by atoms with Gasteiger partial charge in [-0.05, 0) is 6.42 Å². The van der Waals surface area contributed by atoms with Crippen molar-refractivity contribution in [3.05, 3.63) is 23.6 Å². The molecule has 0 saturated heterocycles. The minimum Gasteiger partial charge on any atom is -0.396 e. The average Bonchev–Trinajstić information content (AvgIpc) is 2.93. The van der Waals surface area contributed by atoms with Gasteiger partial charge in [-0.3, -0.25) is 0 Å². The van der Waals surface area contributed by atoms with Crippen LogP contribution in [0.1, 0.15) is 12.5 Å². The first-order valence-corrected chi connectivity index (χ1v) is 6.01. The van der Waals surface area contributed by atoms with E-state index in [4.69, 9.17) is 22.4 Å². The number of aliphatic hydroxyl groups excluding tert-OH is 1. The number of nitrogens with two attached hydrogens (primary N) is 1. The molecule has 7 heteroatoms. The molecule has 0 bridgehead atoms. The van der Waals surface area contributed by atoms with Crippen LogP contribution < -0.4 is 5.73 Å². The lowest BCUT2D eigenvalue weighted by atomic mass is 10.1. The second-order valence-corrected chi connectivity index (χ2v) is 4.69. The maximum atomic E-state index is 9.14. The van der Waals surface area contributed by atoms with Crippen LogP contribution in [0.4, 0.5) is 5.95 Å². The Labute approximate surface area is 108 Å². The second kappa shape index (κ2) is 4.22. The molecule has 1 aliphatic rings. The van der Waals surface area contributed by atoms with Crippen molar-refractivity contribution in [3.8, 4) is 0 Å².